The van der Waals surface area contributed by atoms with E-state index in [0.717, 1.165) is 0 Å². The maximum atomic E-state index is 12.0. The third-order valence-electron chi connectivity index (χ3n) is 7.94. The second-order valence-electron chi connectivity index (χ2n) is 10.8. The fourth-order valence-corrected chi connectivity index (χ4v) is 5.52. The summed E-state index contributed by atoms with van der Waals surface area (Å²) in [5.74, 6) is -0.508. The second-order valence-corrected chi connectivity index (χ2v) is 10.8. The first-order valence-corrected chi connectivity index (χ1v) is 14.1. The molecular weight excluding hydrogens is 626 g/mol. The molecule has 8 atom stereocenters. The number of fused-ring (bicyclic) bond motifs is 2. The topological polar surface area (TPSA) is 315 Å². The van der Waals surface area contributed by atoms with Gasteiger partial charge in [0.1, 0.15) is 36.0 Å². The van der Waals surface area contributed by atoms with Crippen LogP contribution in [-0.4, -0.2) is 137 Å². The van der Waals surface area contributed by atoms with Crippen LogP contribution in [0.1, 0.15) is 22.8 Å². The summed E-state index contributed by atoms with van der Waals surface area (Å²) in [6.07, 6.45) is -4.71. The minimum absolute atomic E-state index is 0.00122. The predicted octanol–water partition coefficient (Wildman–Crippen LogP) is -4.01. The lowest BCUT2D eigenvalue weighted by atomic mass is 10.1. The normalized spacial score (nSPS) is 27.6. The van der Waals surface area contributed by atoms with Gasteiger partial charge in [0.25, 0.3) is 11.9 Å². The van der Waals surface area contributed by atoms with E-state index in [1.54, 1.807) is 0 Å². The third kappa shape index (κ3) is 4.94. The summed E-state index contributed by atoms with van der Waals surface area (Å²) in [6, 6.07) is -0.336. The number of hydrogen-bond donors (Lipinski definition) is 8. The first-order valence-electron chi connectivity index (χ1n) is 14.1. The predicted molar refractivity (Wildman–Crippen MR) is 154 cm³/mol. The van der Waals surface area contributed by atoms with Crippen LogP contribution < -0.4 is 21.5 Å². The van der Waals surface area contributed by atoms with Crippen LogP contribution in [0.25, 0.3) is 28.3 Å². The fraction of sp³-hybridized carbons (Fsp3) is 0.440. The zero-order chi connectivity index (χ0) is 33.1. The summed E-state index contributed by atoms with van der Waals surface area (Å²) in [5, 5.41) is 58.1. The minimum atomic E-state index is -1.43. The molecule has 0 spiro atoms. The third-order valence-corrected chi connectivity index (χ3v) is 7.94. The molecule has 2 fully saturated rings. The Labute approximate surface area is 262 Å². The quantitative estimate of drug-likeness (QED) is 0.0789. The summed E-state index contributed by atoms with van der Waals surface area (Å²) < 4.78 is 21.6. The van der Waals surface area contributed by atoms with Gasteiger partial charge in [-0.3, -0.25) is 13.9 Å². The second kappa shape index (κ2) is 11.6. The van der Waals surface area contributed by atoms with Crippen LogP contribution in [0.3, 0.4) is 0 Å². The fourth-order valence-electron chi connectivity index (χ4n) is 5.52. The Bertz CT molecular complexity index is 1960. The number of nitrogens with two attached hydrogens (primary N) is 2. The lowest BCUT2D eigenvalue weighted by molar-refractivity contribution is -0.0513. The number of anilines is 2. The van der Waals surface area contributed by atoms with Gasteiger partial charge in [0.2, 0.25) is 0 Å². The standard InChI is InChI=1S/C25H29N13O9/c1-28-21(44)8-2-31-38(3-8)24-32-17(26)11-19(34-24)37(7-30-11)23-16(14(42)10(5-40)46-23)47-25-33-18(27)12-20(35-25)36(6-29-12)22-15(43)13(41)9(4-39)45-22/h2-3,6-7,9-10,13-16,22-23,39-43H,4-5H2,1H3,(H,28,44)(H2,26,32,34)(H2,27,33,35)/t9-,10-,13+,14+,15?,16?,22-,23-/m1/s1. The smallest absolute Gasteiger partial charge is 0.321 e. The number of aliphatic hydroxyl groups excluding tert-OH is 5. The van der Waals surface area contributed by atoms with Crippen molar-refractivity contribution in [2.45, 2.75) is 49.1 Å². The van der Waals surface area contributed by atoms with Gasteiger partial charge >= 0.3 is 6.01 Å². The maximum absolute atomic E-state index is 12.0. The van der Waals surface area contributed by atoms with Crippen molar-refractivity contribution in [1.29, 1.82) is 0 Å². The molecule has 2 aliphatic heterocycles. The molecule has 5 aromatic rings. The first kappa shape index (κ1) is 30.5. The van der Waals surface area contributed by atoms with E-state index in [-0.39, 0.29) is 57.4 Å². The molecule has 0 saturated carbocycles. The van der Waals surface area contributed by atoms with Crippen molar-refractivity contribution in [1.82, 2.24) is 54.1 Å². The van der Waals surface area contributed by atoms with Crippen LogP contribution in [0.5, 0.6) is 6.01 Å². The average molecular weight is 656 g/mol. The van der Waals surface area contributed by atoms with Crippen LogP contribution in [0, 0.1) is 0 Å². The summed E-state index contributed by atoms with van der Waals surface area (Å²) in [5.41, 5.74) is 13.1. The molecule has 1 amide bonds. The van der Waals surface area contributed by atoms with Gasteiger partial charge in [-0.15, -0.1) is 0 Å². The number of nitrogens with one attached hydrogen (secondary N) is 1. The van der Waals surface area contributed by atoms with E-state index in [2.05, 4.69) is 40.3 Å². The molecule has 0 aromatic carbocycles. The van der Waals surface area contributed by atoms with Crippen LogP contribution >= 0.6 is 0 Å². The molecule has 47 heavy (non-hydrogen) atoms. The van der Waals surface area contributed by atoms with Crippen molar-refractivity contribution in [2.24, 2.45) is 0 Å². The molecule has 22 nitrogen and oxygen atoms in total. The van der Waals surface area contributed by atoms with Gasteiger partial charge in [0.15, 0.2) is 47.0 Å². The van der Waals surface area contributed by atoms with E-state index in [0.29, 0.717) is 0 Å². The molecule has 7 heterocycles. The van der Waals surface area contributed by atoms with E-state index in [9.17, 15) is 30.3 Å². The number of nitrogen functional groups attached to an aromatic ring is 2. The van der Waals surface area contributed by atoms with E-state index in [1.807, 2.05) is 0 Å². The molecule has 5 aromatic heterocycles. The van der Waals surface area contributed by atoms with Gasteiger partial charge in [0.05, 0.1) is 37.6 Å². The lowest BCUT2D eigenvalue weighted by Gasteiger charge is -2.22. The van der Waals surface area contributed by atoms with E-state index >= 15 is 0 Å². The lowest BCUT2D eigenvalue weighted by Crippen LogP contribution is -2.38. The van der Waals surface area contributed by atoms with Gasteiger partial charge in [-0.25, -0.2) is 14.6 Å². The Balaban J connectivity index is 1.25. The van der Waals surface area contributed by atoms with Crippen molar-refractivity contribution in [3.05, 3.63) is 30.6 Å². The summed E-state index contributed by atoms with van der Waals surface area (Å²) in [7, 11) is 1.48. The number of hydrogen-bond acceptors (Lipinski definition) is 18. The molecule has 22 heteroatoms. The molecule has 2 saturated heterocycles. The molecule has 2 unspecified atom stereocenters. The number of nitrogens with zero attached hydrogens (tertiary/aromatic N) is 10. The summed E-state index contributed by atoms with van der Waals surface area (Å²) in [4.78, 5) is 37.8. The number of carbonyl (C=O) groups is 1. The Morgan fingerprint density at radius 3 is 2.17 bits per heavy atom. The highest BCUT2D eigenvalue weighted by molar-refractivity contribution is 5.93. The Kier molecular flexibility index (Phi) is 7.54. The van der Waals surface area contributed by atoms with Gasteiger partial charge in [0, 0.05) is 13.2 Å². The van der Waals surface area contributed by atoms with Gasteiger partial charge in [-0.05, 0) is 0 Å². The van der Waals surface area contributed by atoms with Crippen LogP contribution in [0.15, 0.2) is 25.0 Å². The number of rotatable bonds is 8. The molecule has 0 bridgehead atoms. The van der Waals surface area contributed by atoms with E-state index in [4.69, 9.17) is 25.7 Å². The zero-order valence-electron chi connectivity index (χ0n) is 24.3. The number of imidazole rings is 2. The Morgan fingerprint density at radius 2 is 1.51 bits per heavy atom. The van der Waals surface area contributed by atoms with Crippen LogP contribution in [0.2, 0.25) is 0 Å². The van der Waals surface area contributed by atoms with Crippen molar-refractivity contribution in [3.63, 3.8) is 0 Å². The summed E-state index contributed by atoms with van der Waals surface area (Å²) >= 11 is 0. The highest BCUT2D eigenvalue weighted by atomic mass is 16.6. The number of aromatic nitrogens is 10. The SMILES string of the molecule is CNC(=O)c1cnn(-c2nc(N)c3ncn([C@@H]4O[C@H](CO)[C@H](O)C4Oc4nc(N)c5ncn([C@@H]6O[C@H](CO)[C@H](O)C6O)c5n4)c3n2)c1. The largest absolute Gasteiger partial charge is 0.452 e. The van der Waals surface area contributed by atoms with Crippen molar-refractivity contribution >= 4 is 39.9 Å². The molecule has 7 rings (SSSR count). The van der Waals surface area contributed by atoms with Crippen LogP contribution in [0.4, 0.5) is 11.6 Å². The number of ether oxygens (including phenoxy) is 3. The number of aliphatic hydroxyl groups is 5. The van der Waals surface area contributed by atoms with Gasteiger partial charge in [-0.2, -0.15) is 25.0 Å². The maximum Gasteiger partial charge on any atom is 0.321 e. The average Bonchev–Trinajstić information content (AvgIpc) is 3.89. The van der Waals surface area contributed by atoms with Crippen LogP contribution in [-0.2, 0) is 9.47 Å². The molecule has 0 radical (unpaired) electrons. The Morgan fingerprint density at radius 1 is 0.894 bits per heavy atom. The molecular formula is C25H29N13O9. The molecule has 0 aliphatic carbocycles. The van der Waals surface area contributed by atoms with Gasteiger partial charge in [-0.1, -0.05) is 0 Å². The highest BCUT2D eigenvalue weighted by Crippen LogP contribution is 2.36. The molecule has 248 valence electrons. The highest BCUT2D eigenvalue weighted by Gasteiger charge is 2.48. The monoisotopic (exact) mass is 655 g/mol. The van der Waals surface area contributed by atoms with Gasteiger partial charge < -0.3 is 56.5 Å². The van der Waals surface area contributed by atoms with E-state index in [1.165, 1.54) is 45.9 Å². The molecule has 10 N–H and O–H groups in total. The zero-order valence-corrected chi connectivity index (χ0v) is 24.3. The van der Waals surface area contributed by atoms with E-state index < -0.39 is 62.3 Å². The summed E-state index contributed by atoms with van der Waals surface area (Å²) in [6.45, 7) is -1.12. The first-order chi connectivity index (χ1) is 22.6. The molecule has 2 aliphatic rings. The minimum Gasteiger partial charge on any atom is -0.452 e. The number of carbonyl (C=O) groups excluding carboxylic acids is 1. The number of amides is 1. The van der Waals surface area contributed by atoms with Crippen molar-refractivity contribution in [3.8, 4) is 12.0 Å². The van der Waals surface area contributed by atoms with Crippen molar-refractivity contribution in [2.75, 3.05) is 31.7 Å². The Hall–Kier alpha value is -5.10. The van der Waals surface area contributed by atoms with Crippen molar-refractivity contribution < 1.29 is 44.5 Å².